The van der Waals surface area contributed by atoms with Gasteiger partial charge in [-0.3, -0.25) is 0 Å². The van der Waals surface area contributed by atoms with Gasteiger partial charge in [0.05, 0.1) is 0 Å². The van der Waals surface area contributed by atoms with Crippen molar-refractivity contribution in [3.05, 3.63) is 72.1 Å². The van der Waals surface area contributed by atoms with Gasteiger partial charge in [-0.05, 0) is 36.8 Å². The molecule has 0 radical (unpaired) electrons. The molecular weight excluding hydrogens is 231 g/mol. The molecule has 0 aliphatic carbocycles. The first kappa shape index (κ1) is 11.9. The zero-order valence-corrected chi connectivity index (χ0v) is 10.4. The zero-order valence-electron chi connectivity index (χ0n) is 9.56. The molecule has 0 saturated carbocycles. The van der Waals surface area contributed by atoms with Crippen LogP contribution in [0.5, 0.6) is 0 Å². The molecule has 86 valence electrons. The Kier molecular flexibility index (Phi) is 3.99. The molecule has 2 aromatic carbocycles. The molecule has 0 amide bonds. The van der Waals surface area contributed by atoms with Gasteiger partial charge < -0.3 is 0 Å². The Bertz CT molecular complexity index is 500. The van der Waals surface area contributed by atoms with Crippen molar-refractivity contribution in [2.24, 2.45) is 0 Å². The van der Waals surface area contributed by atoms with Crippen molar-refractivity contribution < 1.29 is 4.39 Å². The highest BCUT2D eigenvalue weighted by Crippen LogP contribution is 2.33. The SMILES string of the molecule is C/C=C(\Sc1ccc(F)cc1)c1ccccc1. The predicted molar refractivity (Wildman–Crippen MR) is 72.4 cm³/mol. The standard InChI is InChI=1S/C15H13FS/c1-2-15(12-6-4-3-5-7-12)17-14-10-8-13(16)9-11-14/h2-11H,1H3/b15-2-. The van der Waals surface area contributed by atoms with Crippen molar-refractivity contribution in [1.29, 1.82) is 0 Å². The quantitative estimate of drug-likeness (QED) is 0.686. The summed E-state index contributed by atoms with van der Waals surface area (Å²) in [5.41, 5.74) is 1.18. The first-order valence-electron chi connectivity index (χ1n) is 5.45. The Morgan fingerprint density at radius 1 is 1.00 bits per heavy atom. The van der Waals surface area contributed by atoms with E-state index in [0.717, 1.165) is 4.90 Å². The molecule has 0 N–H and O–H groups in total. The van der Waals surface area contributed by atoms with Gasteiger partial charge in [0.25, 0.3) is 0 Å². The lowest BCUT2D eigenvalue weighted by molar-refractivity contribution is 0.626. The van der Waals surface area contributed by atoms with E-state index in [2.05, 4.69) is 18.2 Å². The second-order valence-electron chi connectivity index (χ2n) is 3.57. The lowest BCUT2D eigenvalue weighted by Gasteiger charge is -2.06. The molecular formula is C15H13FS. The summed E-state index contributed by atoms with van der Waals surface area (Å²) in [4.78, 5) is 2.22. The van der Waals surface area contributed by atoms with E-state index in [1.807, 2.05) is 25.1 Å². The number of hydrogen-bond donors (Lipinski definition) is 0. The van der Waals surface area contributed by atoms with Crippen LogP contribution in [0.3, 0.4) is 0 Å². The van der Waals surface area contributed by atoms with E-state index < -0.39 is 0 Å². The number of benzene rings is 2. The summed E-state index contributed by atoms with van der Waals surface area (Å²) >= 11 is 1.64. The van der Waals surface area contributed by atoms with Gasteiger partial charge in [0.1, 0.15) is 5.82 Å². The topological polar surface area (TPSA) is 0 Å². The smallest absolute Gasteiger partial charge is 0.123 e. The van der Waals surface area contributed by atoms with Crippen LogP contribution in [0.4, 0.5) is 4.39 Å². The van der Waals surface area contributed by atoms with Crippen LogP contribution < -0.4 is 0 Å². The molecule has 0 fully saturated rings. The summed E-state index contributed by atoms with van der Waals surface area (Å²) < 4.78 is 12.8. The van der Waals surface area contributed by atoms with Gasteiger partial charge in [-0.1, -0.05) is 48.2 Å². The first-order chi connectivity index (χ1) is 8.29. The second kappa shape index (κ2) is 5.69. The van der Waals surface area contributed by atoms with Gasteiger partial charge >= 0.3 is 0 Å². The van der Waals surface area contributed by atoms with Crippen LogP contribution in [0.15, 0.2) is 65.6 Å². The largest absolute Gasteiger partial charge is 0.207 e. The van der Waals surface area contributed by atoms with E-state index in [1.54, 1.807) is 23.9 Å². The van der Waals surface area contributed by atoms with Crippen molar-refractivity contribution in [3.8, 4) is 0 Å². The van der Waals surface area contributed by atoms with Crippen molar-refractivity contribution in [2.75, 3.05) is 0 Å². The van der Waals surface area contributed by atoms with Crippen LogP contribution in [-0.4, -0.2) is 0 Å². The van der Waals surface area contributed by atoms with Crippen LogP contribution in [-0.2, 0) is 0 Å². The minimum Gasteiger partial charge on any atom is -0.207 e. The van der Waals surface area contributed by atoms with Crippen molar-refractivity contribution in [2.45, 2.75) is 11.8 Å². The van der Waals surface area contributed by atoms with E-state index in [4.69, 9.17) is 0 Å². The Labute approximate surface area is 105 Å². The van der Waals surface area contributed by atoms with Crippen LogP contribution >= 0.6 is 11.8 Å². The zero-order chi connectivity index (χ0) is 12.1. The normalized spacial score (nSPS) is 11.5. The summed E-state index contributed by atoms with van der Waals surface area (Å²) in [6, 6.07) is 16.8. The Morgan fingerprint density at radius 3 is 2.24 bits per heavy atom. The molecule has 2 rings (SSSR count). The molecule has 0 saturated heterocycles. The van der Waals surface area contributed by atoms with E-state index in [1.165, 1.54) is 22.6 Å². The minimum atomic E-state index is -0.198. The highest BCUT2D eigenvalue weighted by molar-refractivity contribution is 8.08. The molecule has 2 heteroatoms. The maximum atomic E-state index is 12.8. The summed E-state index contributed by atoms with van der Waals surface area (Å²) in [6.07, 6.45) is 2.07. The maximum Gasteiger partial charge on any atom is 0.123 e. The maximum absolute atomic E-state index is 12.8. The average Bonchev–Trinajstić information content (AvgIpc) is 2.39. The van der Waals surface area contributed by atoms with Crippen LogP contribution in [0.1, 0.15) is 12.5 Å². The second-order valence-corrected chi connectivity index (χ2v) is 4.69. The highest BCUT2D eigenvalue weighted by atomic mass is 32.2. The van der Waals surface area contributed by atoms with Gasteiger partial charge in [-0.15, -0.1) is 0 Å². The minimum absolute atomic E-state index is 0.198. The number of thioether (sulfide) groups is 1. The first-order valence-corrected chi connectivity index (χ1v) is 6.26. The lowest BCUT2D eigenvalue weighted by Crippen LogP contribution is -1.80. The molecule has 0 aromatic heterocycles. The van der Waals surface area contributed by atoms with Gasteiger partial charge in [-0.2, -0.15) is 0 Å². The summed E-state index contributed by atoms with van der Waals surface area (Å²) in [6.45, 7) is 2.01. The van der Waals surface area contributed by atoms with Gasteiger partial charge in [0.15, 0.2) is 0 Å². The molecule has 17 heavy (non-hydrogen) atoms. The van der Waals surface area contributed by atoms with Gasteiger partial charge in [0.2, 0.25) is 0 Å². The fourth-order valence-electron chi connectivity index (χ4n) is 1.52. The summed E-state index contributed by atoms with van der Waals surface area (Å²) in [5.74, 6) is -0.198. The van der Waals surface area contributed by atoms with Gasteiger partial charge in [-0.25, -0.2) is 4.39 Å². The predicted octanol–water partition coefficient (Wildman–Crippen LogP) is 4.98. The summed E-state index contributed by atoms with van der Waals surface area (Å²) in [7, 11) is 0. The van der Waals surface area contributed by atoms with E-state index in [9.17, 15) is 4.39 Å². The molecule has 0 unspecified atom stereocenters. The number of halogens is 1. The number of rotatable bonds is 3. The Balaban J connectivity index is 2.19. The molecule has 0 heterocycles. The molecule has 0 nitrogen and oxygen atoms in total. The fourth-order valence-corrected chi connectivity index (χ4v) is 2.41. The molecule has 0 atom stereocenters. The van der Waals surface area contributed by atoms with Crippen LogP contribution in [0, 0.1) is 5.82 Å². The molecule has 0 aliphatic rings. The van der Waals surface area contributed by atoms with Crippen LogP contribution in [0.25, 0.3) is 4.91 Å². The van der Waals surface area contributed by atoms with Crippen LogP contribution in [0.2, 0.25) is 0 Å². The molecule has 2 aromatic rings. The van der Waals surface area contributed by atoms with Crippen molar-refractivity contribution in [1.82, 2.24) is 0 Å². The molecule has 0 bridgehead atoms. The van der Waals surface area contributed by atoms with E-state index in [0.29, 0.717) is 0 Å². The van der Waals surface area contributed by atoms with Crippen molar-refractivity contribution >= 4 is 16.7 Å². The molecule has 0 aliphatic heterocycles. The fraction of sp³-hybridized carbons (Fsp3) is 0.0667. The lowest BCUT2D eigenvalue weighted by atomic mass is 10.2. The monoisotopic (exact) mass is 244 g/mol. The molecule has 0 spiro atoms. The average molecular weight is 244 g/mol. The summed E-state index contributed by atoms with van der Waals surface area (Å²) in [5, 5.41) is 0. The van der Waals surface area contributed by atoms with E-state index >= 15 is 0 Å². The van der Waals surface area contributed by atoms with Crippen molar-refractivity contribution in [3.63, 3.8) is 0 Å². The Morgan fingerprint density at radius 2 is 1.65 bits per heavy atom. The third kappa shape index (κ3) is 3.21. The number of allylic oxidation sites excluding steroid dienone is 1. The third-order valence-electron chi connectivity index (χ3n) is 2.36. The third-order valence-corrected chi connectivity index (χ3v) is 3.56. The van der Waals surface area contributed by atoms with Gasteiger partial charge in [0, 0.05) is 9.80 Å². The van der Waals surface area contributed by atoms with E-state index in [-0.39, 0.29) is 5.82 Å². The highest BCUT2D eigenvalue weighted by Gasteiger charge is 2.02. The number of hydrogen-bond acceptors (Lipinski definition) is 1. The Hall–Kier alpha value is -1.54.